The van der Waals surface area contributed by atoms with Gasteiger partial charge in [0.05, 0.1) is 5.52 Å². The maximum absolute atomic E-state index is 10.8. The lowest BCUT2D eigenvalue weighted by atomic mass is 9.91. The van der Waals surface area contributed by atoms with E-state index in [1.165, 1.54) is 10.9 Å². The first-order valence-electron chi connectivity index (χ1n) is 8.90. The molecule has 3 heterocycles. The molecule has 2 unspecified atom stereocenters. The van der Waals surface area contributed by atoms with Gasteiger partial charge in [0.25, 0.3) is 0 Å². The molecular formula is C20H24N4O. The molecule has 4 rings (SSSR count). The van der Waals surface area contributed by atoms with Crippen molar-refractivity contribution in [2.24, 2.45) is 13.0 Å². The van der Waals surface area contributed by atoms with E-state index in [1.807, 2.05) is 29.9 Å². The van der Waals surface area contributed by atoms with Gasteiger partial charge in [-0.05, 0) is 37.5 Å². The van der Waals surface area contributed by atoms with Crippen LogP contribution in [0.4, 0.5) is 5.82 Å². The van der Waals surface area contributed by atoms with Crippen LogP contribution in [-0.4, -0.2) is 32.7 Å². The number of hydrogen-bond donors (Lipinski definition) is 1. The van der Waals surface area contributed by atoms with E-state index in [9.17, 15) is 5.11 Å². The summed E-state index contributed by atoms with van der Waals surface area (Å²) in [7, 11) is 1.93. The van der Waals surface area contributed by atoms with Crippen LogP contribution in [0.3, 0.4) is 0 Å². The SMILES string of the molecule is Cc1cc2ccccc2nc1N1CCCC(C(O)c2nccn2C)C1. The van der Waals surface area contributed by atoms with Crippen LogP contribution < -0.4 is 4.90 Å². The van der Waals surface area contributed by atoms with Gasteiger partial charge in [0, 0.05) is 43.8 Å². The molecule has 2 aromatic heterocycles. The summed E-state index contributed by atoms with van der Waals surface area (Å²) in [6, 6.07) is 10.4. The molecule has 1 N–H and O–H groups in total. The fourth-order valence-corrected chi connectivity index (χ4v) is 3.86. The number of benzene rings is 1. The van der Waals surface area contributed by atoms with Gasteiger partial charge in [-0.1, -0.05) is 18.2 Å². The van der Waals surface area contributed by atoms with Gasteiger partial charge in [-0.15, -0.1) is 0 Å². The lowest BCUT2D eigenvalue weighted by molar-refractivity contribution is 0.0873. The maximum Gasteiger partial charge on any atom is 0.137 e. The van der Waals surface area contributed by atoms with Crippen LogP contribution in [0.25, 0.3) is 10.9 Å². The number of pyridine rings is 1. The summed E-state index contributed by atoms with van der Waals surface area (Å²) in [6.45, 7) is 3.91. The molecule has 25 heavy (non-hydrogen) atoms. The van der Waals surface area contributed by atoms with Gasteiger partial charge in [-0.3, -0.25) is 0 Å². The number of anilines is 1. The highest BCUT2D eigenvalue weighted by Crippen LogP contribution is 2.32. The fraction of sp³-hybridized carbons (Fsp3) is 0.400. The van der Waals surface area contributed by atoms with Crippen molar-refractivity contribution in [3.05, 3.63) is 54.1 Å². The highest BCUT2D eigenvalue weighted by Gasteiger charge is 2.30. The molecule has 0 bridgehead atoms. The van der Waals surface area contributed by atoms with E-state index < -0.39 is 6.10 Å². The van der Waals surface area contributed by atoms with Crippen molar-refractivity contribution in [3.8, 4) is 0 Å². The number of piperidine rings is 1. The molecule has 1 aliphatic rings. The topological polar surface area (TPSA) is 54.2 Å². The van der Waals surface area contributed by atoms with E-state index in [2.05, 4.69) is 35.0 Å². The Morgan fingerprint density at radius 1 is 1.28 bits per heavy atom. The fourth-order valence-electron chi connectivity index (χ4n) is 3.86. The number of aliphatic hydroxyl groups excluding tert-OH is 1. The molecule has 2 atom stereocenters. The van der Waals surface area contributed by atoms with E-state index in [0.29, 0.717) is 0 Å². The van der Waals surface area contributed by atoms with E-state index in [-0.39, 0.29) is 5.92 Å². The minimum atomic E-state index is -0.538. The van der Waals surface area contributed by atoms with Gasteiger partial charge in [0.1, 0.15) is 17.7 Å². The molecule has 0 spiro atoms. The molecular weight excluding hydrogens is 312 g/mol. The Kier molecular flexibility index (Phi) is 4.17. The number of nitrogens with zero attached hydrogens (tertiary/aromatic N) is 4. The van der Waals surface area contributed by atoms with E-state index in [4.69, 9.17) is 4.98 Å². The molecule has 0 amide bonds. The average molecular weight is 336 g/mol. The van der Waals surface area contributed by atoms with E-state index in [0.717, 1.165) is 43.1 Å². The van der Waals surface area contributed by atoms with Gasteiger partial charge in [-0.2, -0.15) is 0 Å². The first-order valence-corrected chi connectivity index (χ1v) is 8.90. The third-order valence-electron chi connectivity index (χ3n) is 5.21. The monoisotopic (exact) mass is 336 g/mol. The number of hydrogen-bond acceptors (Lipinski definition) is 4. The summed E-state index contributed by atoms with van der Waals surface area (Å²) in [5, 5.41) is 12.0. The van der Waals surface area contributed by atoms with Crippen LogP contribution in [0.1, 0.15) is 30.3 Å². The molecule has 5 nitrogen and oxygen atoms in total. The summed E-state index contributed by atoms with van der Waals surface area (Å²) in [5.74, 6) is 1.95. The van der Waals surface area contributed by atoms with E-state index >= 15 is 0 Å². The normalized spacial score (nSPS) is 19.3. The molecule has 1 saturated heterocycles. The number of aromatic nitrogens is 3. The highest BCUT2D eigenvalue weighted by molar-refractivity contribution is 5.81. The van der Waals surface area contributed by atoms with Crippen molar-refractivity contribution in [1.29, 1.82) is 0 Å². The Bertz CT molecular complexity index is 888. The van der Waals surface area contributed by atoms with Crippen LogP contribution in [0.15, 0.2) is 42.7 Å². The second kappa shape index (κ2) is 6.48. The predicted octanol–water partition coefficient (Wildman–Crippen LogP) is 3.23. The third-order valence-corrected chi connectivity index (χ3v) is 5.21. The maximum atomic E-state index is 10.8. The van der Waals surface area contributed by atoms with Crippen LogP contribution >= 0.6 is 0 Å². The van der Waals surface area contributed by atoms with Crippen molar-refractivity contribution in [1.82, 2.24) is 14.5 Å². The minimum absolute atomic E-state index is 0.169. The first kappa shape index (κ1) is 16.1. The Hall–Kier alpha value is -2.40. The van der Waals surface area contributed by atoms with Gasteiger partial charge < -0.3 is 14.6 Å². The van der Waals surface area contributed by atoms with Crippen LogP contribution in [-0.2, 0) is 7.05 Å². The van der Waals surface area contributed by atoms with Crippen molar-refractivity contribution in [2.75, 3.05) is 18.0 Å². The number of aryl methyl sites for hydroxylation is 2. The van der Waals surface area contributed by atoms with Crippen LogP contribution in [0.5, 0.6) is 0 Å². The van der Waals surface area contributed by atoms with Crippen molar-refractivity contribution < 1.29 is 5.11 Å². The zero-order chi connectivity index (χ0) is 17.4. The molecule has 0 radical (unpaired) electrons. The molecule has 0 saturated carbocycles. The van der Waals surface area contributed by atoms with Gasteiger partial charge >= 0.3 is 0 Å². The number of aliphatic hydroxyl groups is 1. The zero-order valence-electron chi connectivity index (χ0n) is 14.8. The van der Waals surface area contributed by atoms with Gasteiger partial charge in [0.2, 0.25) is 0 Å². The summed E-state index contributed by atoms with van der Waals surface area (Å²) >= 11 is 0. The molecule has 130 valence electrons. The lowest BCUT2D eigenvalue weighted by Crippen LogP contribution is -2.39. The Labute approximate surface area is 147 Å². The second-order valence-corrected chi connectivity index (χ2v) is 7.01. The van der Waals surface area contributed by atoms with Crippen molar-refractivity contribution in [2.45, 2.75) is 25.9 Å². The standard InChI is InChI=1S/C20H24N4O/c1-14-12-15-6-3-4-8-17(15)22-19(14)24-10-5-7-16(13-24)18(25)20-21-9-11-23(20)2/h3-4,6,8-9,11-12,16,18,25H,5,7,10,13H2,1-2H3. The van der Waals surface area contributed by atoms with Crippen LogP contribution in [0, 0.1) is 12.8 Å². The smallest absolute Gasteiger partial charge is 0.137 e. The molecule has 0 aliphatic carbocycles. The minimum Gasteiger partial charge on any atom is -0.385 e. The van der Waals surface area contributed by atoms with Crippen molar-refractivity contribution in [3.63, 3.8) is 0 Å². The third kappa shape index (κ3) is 3.00. The van der Waals surface area contributed by atoms with Crippen molar-refractivity contribution >= 4 is 16.7 Å². The number of fused-ring (bicyclic) bond motifs is 1. The summed E-state index contributed by atoms with van der Waals surface area (Å²) in [6.07, 6.45) is 5.16. The van der Waals surface area contributed by atoms with Gasteiger partial charge in [0.15, 0.2) is 0 Å². The Morgan fingerprint density at radius 3 is 2.92 bits per heavy atom. The second-order valence-electron chi connectivity index (χ2n) is 7.01. The molecule has 1 fully saturated rings. The molecule has 1 aliphatic heterocycles. The molecule has 3 aromatic rings. The average Bonchev–Trinajstić information content (AvgIpc) is 3.06. The van der Waals surface area contributed by atoms with E-state index in [1.54, 1.807) is 6.20 Å². The largest absolute Gasteiger partial charge is 0.385 e. The first-order chi connectivity index (χ1) is 12.1. The molecule has 5 heteroatoms. The summed E-state index contributed by atoms with van der Waals surface area (Å²) in [4.78, 5) is 11.5. The zero-order valence-corrected chi connectivity index (χ0v) is 14.8. The molecule has 1 aromatic carbocycles. The van der Waals surface area contributed by atoms with Crippen LogP contribution in [0.2, 0.25) is 0 Å². The number of rotatable bonds is 3. The Balaban J connectivity index is 1.61. The highest BCUT2D eigenvalue weighted by atomic mass is 16.3. The Morgan fingerprint density at radius 2 is 2.12 bits per heavy atom. The quantitative estimate of drug-likeness (QED) is 0.798. The predicted molar refractivity (Wildman–Crippen MR) is 99.6 cm³/mol. The summed E-state index contributed by atoms with van der Waals surface area (Å²) in [5.41, 5.74) is 2.21. The number of imidazole rings is 1. The number of para-hydroxylation sites is 1. The lowest BCUT2D eigenvalue weighted by Gasteiger charge is -2.36. The van der Waals surface area contributed by atoms with Gasteiger partial charge in [-0.25, -0.2) is 9.97 Å². The summed E-state index contributed by atoms with van der Waals surface area (Å²) < 4.78 is 1.91.